The number of pyridine rings is 1. The van der Waals surface area contributed by atoms with Gasteiger partial charge >= 0.3 is 6.18 Å². The van der Waals surface area contributed by atoms with E-state index in [1.807, 2.05) is 4.90 Å². The molecular formula is C25H22ClF3N4O2. The maximum atomic E-state index is 12.8. The van der Waals surface area contributed by atoms with Gasteiger partial charge in [0.05, 0.1) is 28.0 Å². The smallest absolute Gasteiger partial charge is 0.355 e. The van der Waals surface area contributed by atoms with E-state index in [1.165, 1.54) is 12.1 Å². The molecule has 1 aliphatic heterocycles. The third-order valence-corrected chi connectivity index (χ3v) is 6.02. The highest BCUT2D eigenvalue weighted by Crippen LogP contribution is 2.29. The monoisotopic (exact) mass is 502 g/mol. The maximum Gasteiger partial charge on any atom is 0.416 e. The Labute approximate surface area is 205 Å². The highest BCUT2D eigenvalue weighted by atomic mass is 35.5. The number of carbonyl (C=O) groups excluding carboxylic acids is 2. The number of carbonyl (C=O) groups is 2. The van der Waals surface area contributed by atoms with Crippen molar-refractivity contribution in [3.63, 3.8) is 0 Å². The van der Waals surface area contributed by atoms with Gasteiger partial charge in [-0.05, 0) is 55.0 Å². The minimum Gasteiger partial charge on any atom is -0.355 e. The first-order valence-electron chi connectivity index (χ1n) is 11.0. The van der Waals surface area contributed by atoms with Gasteiger partial charge in [-0.3, -0.25) is 9.59 Å². The lowest BCUT2D eigenvalue weighted by Crippen LogP contribution is -2.35. The normalized spacial score (nSPS) is 14.4. The second-order valence-electron chi connectivity index (χ2n) is 8.05. The molecule has 0 unspecified atom stereocenters. The molecule has 4 rings (SSSR count). The summed E-state index contributed by atoms with van der Waals surface area (Å²) in [5.41, 5.74) is 0.327. The molecule has 2 heterocycles. The van der Waals surface area contributed by atoms with E-state index >= 15 is 0 Å². The molecule has 182 valence electrons. The van der Waals surface area contributed by atoms with Crippen molar-refractivity contribution in [3.05, 3.63) is 88.6 Å². The van der Waals surface area contributed by atoms with Crippen LogP contribution in [0.1, 0.15) is 32.7 Å². The molecule has 0 bridgehead atoms. The van der Waals surface area contributed by atoms with E-state index < -0.39 is 11.7 Å². The van der Waals surface area contributed by atoms with Gasteiger partial charge in [0.15, 0.2) is 0 Å². The fraction of sp³-hybridized carbons (Fsp3) is 0.240. The molecule has 0 aliphatic carbocycles. The highest BCUT2D eigenvalue weighted by Gasteiger charge is 2.30. The van der Waals surface area contributed by atoms with E-state index in [0.717, 1.165) is 12.1 Å². The van der Waals surface area contributed by atoms with Crippen LogP contribution in [0.25, 0.3) is 0 Å². The first-order chi connectivity index (χ1) is 16.7. The molecule has 0 spiro atoms. The van der Waals surface area contributed by atoms with E-state index in [2.05, 4.69) is 10.3 Å². The lowest BCUT2D eigenvalue weighted by atomic mass is 10.1. The summed E-state index contributed by atoms with van der Waals surface area (Å²) >= 11 is 6.07. The molecule has 0 saturated carbocycles. The van der Waals surface area contributed by atoms with Crippen molar-refractivity contribution in [1.82, 2.24) is 9.88 Å². The number of rotatable bonds is 4. The summed E-state index contributed by atoms with van der Waals surface area (Å²) in [4.78, 5) is 33.3. The van der Waals surface area contributed by atoms with E-state index in [9.17, 15) is 22.8 Å². The Kier molecular flexibility index (Phi) is 7.25. The quantitative estimate of drug-likeness (QED) is 0.522. The summed E-state index contributed by atoms with van der Waals surface area (Å²) in [5, 5.41) is 3.12. The van der Waals surface area contributed by atoms with Crippen molar-refractivity contribution in [3.8, 4) is 0 Å². The number of hydrogen-bond acceptors (Lipinski definition) is 4. The molecule has 6 nitrogen and oxygen atoms in total. The summed E-state index contributed by atoms with van der Waals surface area (Å²) in [5.74, 6) is 0.0630. The molecule has 1 N–H and O–H groups in total. The largest absolute Gasteiger partial charge is 0.416 e. The van der Waals surface area contributed by atoms with Crippen LogP contribution in [0.3, 0.4) is 0 Å². The minimum absolute atomic E-state index is 0.225. The summed E-state index contributed by atoms with van der Waals surface area (Å²) in [6.07, 6.45) is -2.20. The van der Waals surface area contributed by atoms with Gasteiger partial charge in [0, 0.05) is 31.7 Å². The zero-order valence-electron chi connectivity index (χ0n) is 18.6. The number of aromatic nitrogens is 1. The van der Waals surface area contributed by atoms with E-state index in [4.69, 9.17) is 11.6 Å². The zero-order valence-corrected chi connectivity index (χ0v) is 19.3. The van der Waals surface area contributed by atoms with Gasteiger partial charge in [-0.15, -0.1) is 0 Å². The van der Waals surface area contributed by atoms with Gasteiger partial charge in [0.25, 0.3) is 11.8 Å². The highest BCUT2D eigenvalue weighted by molar-refractivity contribution is 6.34. The molecule has 2 aromatic carbocycles. The predicted octanol–water partition coefficient (Wildman–Crippen LogP) is 5.36. The number of halogens is 4. The molecule has 1 saturated heterocycles. The number of nitrogens with one attached hydrogen (secondary N) is 1. The number of benzene rings is 2. The van der Waals surface area contributed by atoms with Gasteiger partial charge in [-0.1, -0.05) is 23.7 Å². The third-order valence-electron chi connectivity index (χ3n) is 5.69. The van der Waals surface area contributed by atoms with Crippen LogP contribution in [0, 0.1) is 0 Å². The average Bonchev–Trinajstić information content (AvgIpc) is 3.10. The molecule has 1 fully saturated rings. The molecule has 1 aromatic heterocycles. The van der Waals surface area contributed by atoms with Crippen molar-refractivity contribution in [2.24, 2.45) is 0 Å². The molecule has 10 heteroatoms. The summed E-state index contributed by atoms with van der Waals surface area (Å²) in [6.45, 7) is 2.08. The zero-order chi connectivity index (χ0) is 25.0. The first-order valence-corrected chi connectivity index (χ1v) is 11.3. The molecule has 1 aliphatic rings. The van der Waals surface area contributed by atoms with Crippen LogP contribution in [0.5, 0.6) is 0 Å². The Bertz CT molecular complexity index is 1200. The Morgan fingerprint density at radius 2 is 1.66 bits per heavy atom. The standard InChI is InChI=1S/C25H22ClF3N4O2/c26-21-5-2-1-4-20(21)23(34)31-19-10-11-22(30-16-19)32-12-3-13-33(15-14-32)24(35)17-6-8-18(9-7-17)25(27,28)29/h1-2,4-11,16H,3,12-15H2,(H,31,34). The van der Waals surface area contributed by atoms with Crippen LogP contribution < -0.4 is 10.2 Å². The van der Waals surface area contributed by atoms with Gasteiger partial charge < -0.3 is 15.1 Å². The van der Waals surface area contributed by atoms with Gasteiger partial charge in [0.2, 0.25) is 0 Å². The topological polar surface area (TPSA) is 65.5 Å². The van der Waals surface area contributed by atoms with Crippen LogP contribution in [0.2, 0.25) is 5.02 Å². The Morgan fingerprint density at radius 3 is 2.31 bits per heavy atom. The van der Waals surface area contributed by atoms with Crippen molar-refractivity contribution in [1.29, 1.82) is 0 Å². The SMILES string of the molecule is O=C(Nc1ccc(N2CCCN(C(=O)c3ccc(C(F)(F)F)cc3)CC2)nc1)c1ccccc1Cl. The van der Waals surface area contributed by atoms with Crippen LogP contribution in [0.4, 0.5) is 24.7 Å². The van der Waals surface area contributed by atoms with Crippen molar-refractivity contribution in [2.45, 2.75) is 12.6 Å². The van der Waals surface area contributed by atoms with Crippen LogP contribution in [-0.2, 0) is 6.18 Å². The van der Waals surface area contributed by atoms with E-state index in [1.54, 1.807) is 47.5 Å². The Morgan fingerprint density at radius 1 is 0.914 bits per heavy atom. The number of nitrogens with zero attached hydrogens (tertiary/aromatic N) is 3. The molecular weight excluding hydrogens is 481 g/mol. The van der Waals surface area contributed by atoms with Crippen LogP contribution in [-0.4, -0.2) is 47.9 Å². The van der Waals surface area contributed by atoms with E-state index in [-0.39, 0.29) is 17.4 Å². The molecule has 0 atom stereocenters. The minimum atomic E-state index is -4.44. The molecule has 0 radical (unpaired) electrons. The van der Waals surface area contributed by atoms with Gasteiger partial charge in [0.1, 0.15) is 5.82 Å². The number of hydrogen-bond donors (Lipinski definition) is 1. The lowest BCUT2D eigenvalue weighted by molar-refractivity contribution is -0.137. The van der Waals surface area contributed by atoms with Gasteiger partial charge in [-0.25, -0.2) is 4.98 Å². The maximum absolute atomic E-state index is 12.8. The van der Waals surface area contributed by atoms with Crippen LogP contribution in [0.15, 0.2) is 66.9 Å². The number of anilines is 2. The summed E-state index contributed by atoms with van der Waals surface area (Å²) in [6, 6.07) is 14.6. The van der Waals surface area contributed by atoms with Crippen molar-refractivity contribution < 1.29 is 22.8 Å². The fourth-order valence-electron chi connectivity index (χ4n) is 3.82. The third kappa shape index (κ3) is 5.92. The number of amides is 2. The lowest BCUT2D eigenvalue weighted by Gasteiger charge is -2.23. The summed E-state index contributed by atoms with van der Waals surface area (Å²) < 4.78 is 38.3. The second-order valence-corrected chi connectivity index (χ2v) is 8.45. The molecule has 3 aromatic rings. The van der Waals surface area contributed by atoms with Gasteiger partial charge in [-0.2, -0.15) is 13.2 Å². The summed E-state index contributed by atoms with van der Waals surface area (Å²) in [7, 11) is 0. The predicted molar refractivity (Wildman–Crippen MR) is 128 cm³/mol. The van der Waals surface area contributed by atoms with Crippen molar-refractivity contribution >= 4 is 34.9 Å². The molecule has 2 amide bonds. The Balaban J connectivity index is 1.36. The Hall–Kier alpha value is -3.59. The second kappa shape index (κ2) is 10.4. The fourth-order valence-corrected chi connectivity index (χ4v) is 4.05. The van der Waals surface area contributed by atoms with E-state index in [0.29, 0.717) is 54.7 Å². The van der Waals surface area contributed by atoms with Crippen molar-refractivity contribution in [2.75, 3.05) is 36.4 Å². The first kappa shape index (κ1) is 24.5. The molecule has 35 heavy (non-hydrogen) atoms. The number of alkyl halides is 3. The van der Waals surface area contributed by atoms with Crippen LogP contribution >= 0.6 is 11.6 Å². The average molecular weight is 503 g/mol.